The lowest BCUT2D eigenvalue weighted by atomic mass is 10.2. The van der Waals surface area contributed by atoms with Crippen molar-refractivity contribution < 1.29 is 31.9 Å². The Morgan fingerprint density at radius 3 is 2.55 bits per heavy atom. The van der Waals surface area contributed by atoms with Crippen molar-refractivity contribution in [3.05, 3.63) is 47.8 Å². The fourth-order valence-electron chi connectivity index (χ4n) is 3.85. The highest BCUT2D eigenvalue weighted by Crippen LogP contribution is 2.34. The predicted octanol–water partition coefficient (Wildman–Crippen LogP) is 2.23. The summed E-state index contributed by atoms with van der Waals surface area (Å²) >= 11 is 0. The van der Waals surface area contributed by atoms with Crippen LogP contribution in [-0.2, 0) is 19.6 Å². The maximum atomic E-state index is 14.5. The third-order valence-electron chi connectivity index (χ3n) is 5.59. The minimum absolute atomic E-state index is 0.00884. The van der Waals surface area contributed by atoms with Crippen molar-refractivity contribution in [3.8, 4) is 5.75 Å². The topological polar surface area (TPSA) is 105 Å². The monoisotopic (exact) mass is 477 g/mol. The third kappa shape index (κ3) is 4.70. The van der Waals surface area contributed by atoms with Gasteiger partial charge in [-0.1, -0.05) is 0 Å². The molecule has 0 unspecified atom stereocenters. The van der Waals surface area contributed by atoms with Crippen molar-refractivity contribution in [2.75, 3.05) is 50.2 Å². The fourth-order valence-corrected chi connectivity index (χ4v) is 5.29. The molecule has 0 saturated carbocycles. The van der Waals surface area contributed by atoms with Crippen LogP contribution in [-0.4, -0.2) is 64.5 Å². The van der Waals surface area contributed by atoms with Gasteiger partial charge in [-0.25, -0.2) is 12.8 Å². The van der Waals surface area contributed by atoms with Crippen LogP contribution < -0.4 is 15.0 Å². The van der Waals surface area contributed by atoms with E-state index in [4.69, 9.17) is 9.47 Å². The Kier molecular flexibility index (Phi) is 6.63. The molecule has 2 aliphatic heterocycles. The first-order chi connectivity index (χ1) is 15.8. The van der Waals surface area contributed by atoms with E-state index < -0.39 is 27.3 Å². The number of hydrogen-bond acceptors (Lipinski definition) is 6. The van der Waals surface area contributed by atoms with E-state index in [-0.39, 0.29) is 37.1 Å². The van der Waals surface area contributed by atoms with Crippen molar-refractivity contribution in [1.82, 2.24) is 4.31 Å². The van der Waals surface area contributed by atoms with Gasteiger partial charge in [0.15, 0.2) is 0 Å². The molecule has 2 fully saturated rings. The van der Waals surface area contributed by atoms with Gasteiger partial charge in [0.25, 0.3) is 5.91 Å². The molecule has 2 heterocycles. The second-order valence-corrected chi connectivity index (χ2v) is 9.59. The fraction of sp³-hybridized carbons (Fsp3) is 0.364. The zero-order valence-corrected chi connectivity index (χ0v) is 18.9. The number of amides is 2. The van der Waals surface area contributed by atoms with E-state index in [0.29, 0.717) is 30.1 Å². The molecule has 2 amide bonds. The predicted molar refractivity (Wildman–Crippen MR) is 119 cm³/mol. The van der Waals surface area contributed by atoms with Crippen LogP contribution in [0.5, 0.6) is 5.75 Å². The largest absolute Gasteiger partial charge is 0.494 e. The van der Waals surface area contributed by atoms with E-state index in [0.717, 1.165) is 24.6 Å². The number of nitrogens with one attached hydrogen (secondary N) is 1. The molecular formula is C22H24FN3O6S. The molecule has 0 aromatic heterocycles. The lowest BCUT2D eigenvalue weighted by Gasteiger charge is -2.26. The van der Waals surface area contributed by atoms with E-state index in [9.17, 15) is 22.4 Å². The number of sulfonamides is 1. The molecule has 33 heavy (non-hydrogen) atoms. The van der Waals surface area contributed by atoms with Gasteiger partial charge in [0.05, 0.1) is 36.5 Å². The Bertz CT molecular complexity index is 1180. The van der Waals surface area contributed by atoms with Gasteiger partial charge in [-0.2, -0.15) is 4.31 Å². The normalized spacial score (nSPS) is 17.3. The second kappa shape index (κ2) is 9.46. The Morgan fingerprint density at radius 1 is 1.12 bits per heavy atom. The zero-order valence-electron chi connectivity index (χ0n) is 18.0. The van der Waals surface area contributed by atoms with Gasteiger partial charge in [-0.15, -0.1) is 0 Å². The van der Waals surface area contributed by atoms with Crippen LogP contribution in [0.1, 0.15) is 23.2 Å². The number of ether oxygens (including phenoxy) is 2. The Balaban J connectivity index is 1.57. The first-order valence-electron chi connectivity index (χ1n) is 10.5. The molecule has 2 aliphatic rings. The average molecular weight is 478 g/mol. The molecular weight excluding hydrogens is 453 g/mol. The molecule has 2 saturated heterocycles. The molecule has 176 valence electrons. The Labute approximate surface area is 191 Å². The van der Waals surface area contributed by atoms with E-state index in [1.807, 2.05) is 0 Å². The minimum Gasteiger partial charge on any atom is -0.494 e. The summed E-state index contributed by atoms with van der Waals surface area (Å²) in [5.74, 6) is -1.28. The van der Waals surface area contributed by atoms with Crippen LogP contribution in [0.25, 0.3) is 0 Å². The second-order valence-electron chi connectivity index (χ2n) is 7.65. The van der Waals surface area contributed by atoms with Gasteiger partial charge >= 0.3 is 0 Å². The number of carbonyl (C=O) groups excluding carboxylic acids is 2. The smallest absolute Gasteiger partial charge is 0.258 e. The highest BCUT2D eigenvalue weighted by Gasteiger charge is 2.28. The number of nitrogens with zero attached hydrogens (tertiary/aromatic N) is 2. The summed E-state index contributed by atoms with van der Waals surface area (Å²) < 4.78 is 52.0. The average Bonchev–Trinajstić information content (AvgIpc) is 3.25. The van der Waals surface area contributed by atoms with Gasteiger partial charge in [0.1, 0.15) is 11.6 Å². The number of carbonyl (C=O) groups is 2. The van der Waals surface area contributed by atoms with E-state index in [1.165, 1.54) is 17.5 Å². The highest BCUT2D eigenvalue weighted by atomic mass is 32.2. The van der Waals surface area contributed by atoms with Gasteiger partial charge in [0, 0.05) is 37.8 Å². The van der Waals surface area contributed by atoms with Crippen molar-refractivity contribution in [1.29, 1.82) is 0 Å². The quantitative estimate of drug-likeness (QED) is 0.684. The van der Waals surface area contributed by atoms with Gasteiger partial charge < -0.3 is 19.7 Å². The number of hydrogen-bond donors (Lipinski definition) is 1. The third-order valence-corrected chi connectivity index (χ3v) is 7.49. The molecule has 0 spiro atoms. The first-order valence-corrected chi connectivity index (χ1v) is 11.9. The maximum absolute atomic E-state index is 14.5. The minimum atomic E-state index is -3.89. The molecule has 1 N–H and O–H groups in total. The van der Waals surface area contributed by atoms with Gasteiger partial charge in [-0.05, 0) is 36.8 Å². The number of anilines is 2. The summed E-state index contributed by atoms with van der Waals surface area (Å²) in [5.41, 5.74) is 0.498. The number of rotatable bonds is 6. The van der Waals surface area contributed by atoms with Crippen LogP contribution in [0.15, 0.2) is 41.3 Å². The zero-order chi connectivity index (χ0) is 23.6. The number of halogens is 1. The first kappa shape index (κ1) is 23.1. The van der Waals surface area contributed by atoms with Crippen LogP contribution in [0.3, 0.4) is 0 Å². The van der Waals surface area contributed by atoms with Crippen LogP contribution in [0, 0.1) is 5.82 Å². The lowest BCUT2D eigenvalue weighted by Crippen LogP contribution is -2.40. The lowest BCUT2D eigenvalue weighted by molar-refractivity contribution is -0.117. The molecule has 2 aromatic rings. The summed E-state index contributed by atoms with van der Waals surface area (Å²) in [6, 6.07) is 7.89. The van der Waals surface area contributed by atoms with Crippen LogP contribution in [0.2, 0.25) is 0 Å². The summed E-state index contributed by atoms with van der Waals surface area (Å²) in [4.78, 5) is 26.3. The Hall–Kier alpha value is -3.02. The van der Waals surface area contributed by atoms with Gasteiger partial charge in [0.2, 0.25) is 15.9 Å². The molecule has 4 rings (SSSR count). The summed E-state index contributed by atoms with van der Waals surface area (Å²) in [6.45, 7) is 1.50. The number of morpholine rings is 1. The highest BCUT2D eigenvalue weighted by molar-refractivity contribution is 7.89. The number of methoxy groups -OCH3 is 1. The van der Waals surface area contributed by atoms with Crippen LogP contribution in [0.4, 0.5) is 15.8 Å². The molecule has 0 aliphatic carbocycles. The van der Waals surface area contributed by atoms with Crippen molar-refractivity contribution in [2.24, 2.45) is 0 Å². The van der Waals surface area contributed by atoms with Crippen molar-refractivity contribution >= 4 is 33.2 Å². The maximum Gasteiger partial charge on any atom is 0.258 e. The number of benzene rings is 2. The molecule has 0 radical (unpaired) electrons. The van der Waals surface area contributed by atoms with E-state index in [2.05, 4.69) is 5.32 Å². The molecule has 11 heteroatoms. The molecule has 9 nitrogen and oxygen atoms in total. The van der Waals surface area contributed by atoms with Crippen molar-refractivity contribution in [2.45, 2.75) is 17.7 Å². The van der Waals surface area contributed by atoms with Gasteiger partial charge in [-0.3, -0.25) is 9.59 Å². The summed E-state index contributed by atoms with van der Waals surface area (Å²) in [5, 5.41) is 2.57. The summed E-state index contributed by atoms with van der Waals surface area (Å²) in [6.07, 6.45) is 1.22. The van der Waals surface area contributed by atoms with E-state index >= 15 is 0 Å². The van der Waals surface area contributed by atoms with E-state index in [1.54, 1.807) is 17.0 Å². The van der Waals surface area contributed by atoms with Crippen LogP contribution >= 0.6 is 0 Å². The standard InChI is InChI=1S/C22H24FN3O6S/c1-31-20-13-15(4-7-19(20)26-8-2-3-21(26)27)24-22(28)17-14-16(5-6-18(17)23)33(29,30)25-9-11-32-12-10-25/h4-7,13-14H,2-3,8-12H2,1H3,(H,24,28). The Morgan fingerprint density at radius 2 is 1.88 bits per heavy atom. The molecule has 0 atom stereocenters. The molecule has 2 aromatic carbocycles. The SMILES string of the molecule is COc1cc(NC(=O)c2cc(S(=O)(=O)N3CCOCC3)ccc2F)ccc1N1CCCC1=O. The summed E-state index contributed by atoms with van der Waals surface area (Å²) in [7, 11) is -2.44. The molecule has 0 bridgehead atoms. The van der Waals surface area contributed by atoms with Crippen molar-refractivity contribution in [3.63, 3.8) is 0 Å².